The van der Waals surface area contributed by atoms with Gasteiger partial charge < -0.3 is 5.73 Å². The zero-order chi connectivity index (χ0) is 8.27. The summed E-state index contributed by atoms with van der Waals surface area (Å²) in [5, 5.41) is 4.16. The van der Waals surface area contributed by atoms with Crippen LogP contribution in [0.15, 0.2) is 12.3 Å². The van der Waals surface area contributed by atoms with E-state index in [1.165, 1.54) is 5.69 Å². The van der Waals surface area contributed by atoms with Crippen molar-refractivity contribution in [3.05, 3.63) is 18.0 Å². The lowest BCUT2D eigenvalue weighted by Crippen LogP contribution is -2.23. The van der Waals surface area contributed by atoms with Gasteiger partial charge in [0.25, 0.3) is 0 Å². The second kappa shape index (κ2) is 3.53. The van der Waals surface area contributed by atoms with Crippen molar-refractivity contribution < 1.29 is 0 Å². The Kier molecular flexibility index (Phi) is 2.65. The van der Waals surface area contributed by atoms with Crippen molar-refractivity contribution in [1.82, 2.24) is 9.78 Å². The van der Waals surface area contributed by atoms with E-state index in [1.807, 2.05) is 23.9 Å². The van der Waals surface area contributed by atoms with E-state index in [0.29, 0.717) is 0 Å². The monoisotopic (exact) mass is 153 g/mol. The topological polar surface area (TPSA) is 43.8 Å². The van der Waals surface area contributed by atoms with E-state index < -0.39 is 0 Å². The Bertz CT molecular complexity index is 215. The smallest absolute Gasteiger partial charge is 0.0561 e. The standard InChI is InChI=1S/C8H15N3/c1-3-8-4-5-10-11(8)6-7(2)9/h4-5,7H,3,6,9H2,1-2H3. The first-order valence-corrected chi connectivity index (χ1v) is 4.00. The van der Waals surface area contributed by atoms with Crippen LogP contribution in [0.1, 0.15) is 19.5 Å². The van der Waals surface area contributed by atoms with E-state index in [2.05, 4.69) is 12.0 Å². The predicted molar refractivity (Wildman–Crippen MR) is 45.3 cm³/mol. The van der Waals surface area contributed by atoms with E-state index >= 15 is 0 Å². The van der Waals surface area contributed by atoms with Gasteiger partial charge in [0.1, 0.15) is 0 Å². The Morgan fingerprint density at radius 1 is 1.73 bits per heavy atom. The molecule has 0 aliphatic carbocycles. The first-order chi connectivity index (χ1) is 5.24. The Morgan fingerprint density at radius 3 is 3.00 bits per heavy atom. The molecule has 0 aromatic carbocycles. The Hall–Kier alpha value is -0.830. The number of aryl methyl sites for hydroxylation is 1. The molecular formula is C8H15N3. The average Bonchev–Trinajstić information content (AvgIpc) is 2.34. The maximum atomic E-state index is 5.65. The van der Waals surface area contributed by atoms with Crippen molar-refractivity contribution in [3.8, 4) is 0 Å². The van der Waals surface area contributed by atoms with Gasteiger partial charge in [-0.3, -0.25) is 4.68 Å². The van der Waals surface area contributed by atoms with Gasteiger partial charge in [-0.2, -0.15) is 5.10 Å². The van der Waals surface area contributed by atoms with Crippen LogP contribution in [-0.2, 0) is 13.0 Å². The highest BCUT2D eigenvalue weighted by molar-refractivity contribution is 4.99. The van der Waals surface area contributed by atoms with Gasteiger partial charge >= 0.3 is 0 Å². The lowest BCUT2D eigenvalue weighted by Gasteiger charge is -2.07. The number of hydrogen-bond donors (Lipinski definition) is 1. The van der Waals surface area contributed by atoms with Crippen molar-refractivity contribution in [2.45, 2.75) is 32.9 Å². The van der Waals surface area contributed by atoms with Gasteiger partial charge in [0, 0.05) is 17.9 Å². The van der Waals surface area contributed by atoms with Crippen molar-refractivity contribution in [2.24, 2.45) is 5.73 Å². The van der Waals surface area contributed by atoms with Crippen LogP contribution < -0.4 is 5.73 Å². The molecule has 0 saturated carbocycles. The summed E-state index contributed by atoms with van der Waals surface area (Å²) in [5.74, 6) is 0. The summed E-state index contributed by atoms with van der Waals surface area (Å²) in [7, 11) is 0. The molecule has 0 bridgehead atoms. The quantitative estimate of drug-likeness (QED) is 0.697. The van der Waals surface area contributed by atoms with E-state index in [9.17, 15) is 0 Å². The molecule has 0 saturated heterocycles. The summed E-state index contributed by atoms with van der Waals surface area (Å²) in [6.45, 7) is 4.92. The largest absolute Gasteiger partial charge is 0.326 e. The van der Waals surface area contributed by atoms with Crippen LogP contribution >= 0.6 is 0 Å². The molecule has 0 aliphatic rings. The van der Waals surface area contributed by atoms with Gasteiger partial charge in [0.15, 0.2) is 0 Å². The van der Waals surface area contributed by atoms with E-state index in [1.54, 1.807) is 0 Å². The van der Waals surface area contributed by atoms with E-state index in [4.69, 9.17) is 5.73 Å². The van der Waals surface area contributed by atoms with Crippen LogP contribution in [0.2, 0.25) is 0 Å². The van der Waals surface area contributed by atoms with Crippen LogP contribution in [0.5, 0.6) is 0 Å². The predicted octanol–water partition coefficient (Wildman–Crippen LogP) is 0.793. The molecule has 0 spiro atoms. The Labute approximate surface area is 67.2 Å². The maximum absolute atomic E-state index is 5.65. The molecule has 0 aliphatic heterocycles. The van der Waals surface area contributed by atoms with Gasteiger partial charge in [0.2, 0.25) is 0 Å². The normalized spacial score (nSPS) is 13.4. The van der Waals surface area contributed by atoms with Gasteiger partial charge in [-0.05, 0) is 19.4 Å². The molecule has 1 atom stereocenters. The lowest BCUT2D eigenvalue weighted by atomic mass is 10.3. The summed E-state index contributed by atoms with van der Waals surface area (Å²) in [4.78, 5) is 0. The molecule has 2 N–H and O–H groups in total. The summed E-state index contributed by atoms with van der Waals surface area (Å²) in [5.41, 5.74) is 6.90. The molecule has 1 unspecified atom stereocenters. The average molecular weight is 153 g/mol. The maximum Gasteiger partial charge on any atom is 0.0561 e. The van der Waals surface area contributed by atoms with Crippen molar-refractivity contribution >= 4 is 0 Å². The summed E-state index contributed by atoms with van der Waals surface area (Å²) >= 11 is 0. The zero-order valence-electron chi connectivity index (χ0n) is 7.12. The molecular weight excluding hydrogens is 138 g/mol. The highest BCUT2D eigenvalue weighted by Gasteiger charge is 2.01. The van der Waals surface area contributed by atoms with Crippen LogP contribution in [0.25, 0.3) is 0 Å². The third-order valence-corrected chi connectivity index (χ3v) is 1.63. The Balaban J connectivity index is 2.68. The lowest BCUT2D eigenvalue weighted by molar-refractivity contribution is 0.521. The first-order valence-electron chi connectivity index (χ1n) is 4.00. The van der Waals surface area contributed by atoms with Gasteiger partial charge in [-0.15, -0.1) is 0 Å². The fourth-order valence-electron chi connectivity index (χ4n) is 1.10. The van der Waals surface area contributed by atoms with Crippen molar-refractivity contribution in [1.29, 1.82) is 0 Å². The molecule has 1 aromatic rings. The zero-order valence-corrected chi connectivity index (χ0v) is 7.12. The molecule has 1 rings (SSSR count). The second-order valence-electron chi connectivity index (χ2n) is 2.84. The van der Waals surface area contributed by atoms with Crippen molar-refractivity contribution in [3.63, 3.8) is 0 Å². The van der Waals surface area contributed by atoms with Gasteiger partial charge in [0.05, 0.1) is 6.54 Å². The highest BCUT2D eigenvalue weighted by Crippen LogP contribution is 1.99. The van der Waals surface area contributed by atoms with Crippen LogP contribution in [0, 0.1) is 0 Å². The molecule has 1 aromatic heterocycles. The molecule has 0 amide bonds. The highest BCUT2D eigenvalue weighted by atomic mass is 15.3. The van der Waals surface area contributed by atoms with Crippen LogP contribution in [-0.4, -0.2) is 15.8 Å². The minimum atomic E-state index is 0.181. The Morgan fingerprint density at radius 2 is 2.45 bits per heavy atom. The summed E-state index contributed by atoms with van der Waals surface area (Å²) in [6.07, 6.45) is 2.84. The molecule has 1 heterocycles. The molecule has 3 heteroatoms. The first kappa shape index (κ1) is 8.27. The number of aromatic nitrogens is 2. The molecule has 62 valence electrons. The fraction of sp³-hybridized carbons (Fsp3) is 0.625. The number of nitrogens with zero attached hydrogens (tertiary/aromatic N) is 2. The van der Waals surface area contributed by atoms with E-state index in [0.717, 1.165) is 13.0 Å². The van der Waals surface area contributed by atoms with Crippen molar-refractivity contribution in [2.75, 3.05) is 0 Å². The van der Waals surface area contributed by atoms with E-state index in [-0.39, 0.29) is 6.04 Å². The summed E-state index contributed by atoms with van der Waals surface area (Å²) in [6, 6.07) is 2.21. The number of rotatable bonds is 3. The van der Waals surface area contributed by atoms with Gasteiger partial charge in [-0.1, -0.05) is 6.92 Å². The molecule has 3 nitrogen and oxygen atoms in total. The second-order valence-corrected chi connectivity index (χ2v) is 2.84. The molecule has 11 heavy (non-hydrogen) atoms. The fourth-order valence-corrected chi connectivity index (χ4v) is 1.10. The number of hydrogen-bond acceptors (Lipinski definition) is 2. The van der Waals surface area contributed by atoms with Crippen LogP contribution in [0.4, 0.5) is 0 Å². The minimum Gasteiger partial charge on any atom is -0.326 e. The van der Waals surface area contributed by atoms with Crippen LogP contribution in [0.3, 0.4) is 0 Å². The minimum absolute atomic E-state index is 0.181. The molecule has 0 radical (unpaired) electrons. The molecule has 0 fully saturated rings. The van der Waals surface area contributed by atoms with Gasteiger partial charge in [-0.25, -0.2) is 0 Å². The number of nitrogens with two attached hydrogens (primary N) is 1. The third-order valence-electron chi connectivity index (χ3n) is 1.63. The SMILES string of the molecule is CCc1ccnn1CC(C)N. The third kappa shape index (κ3) is 2.05. The summed E-state index contributed by atoms with van der Waals surface area (Å²) < 4.78 is 1.96.